The van der Waals surface area contributed by atoms with E-state index in [9.17, 15) is 19.7 Å². The normalized spacial score (nSPS) is 12.5. The molecule has 0 spiro atoms. The highest BCUT2D eigenvalue weighted by atomic mass is 16.6. The van der Waals surface area contributed by atoms with Crippen LogP contribution < -0.4 is 0 Å². The first-order valence-corrected chi connectivity index (χ1v) is 12.0. The summed E-state index contributed by atoms with van der Waals surface area (Å²) in [5, 5.41) is 29.4. The molecule has 0 aliphatic heterocycles. The van der Waals surface area contributed by atoms with E-state index >= 15 is 0 Å². The van der Waals surface area contributed by atoms with Crippen molar-refractivity contribution in [2.45, 2.75) is 102 Å². The van der Waals surface area contributed by atoms with Gasteiger partial charge in [-0.3, -0.25) is 19.7 Å². The maximum atomic E-state index is 11.6. The molecule has 33 heavy (non-hydrogen) atoms. The number of unbranched alkanes of at least 4 members (excludes halogenated alkanes) is 4. The van der Waals surface area contributed by atoms with Gasteiger partial charge < -0.3 is 10.2 Å². The second kappa shape index (κ2) is 19.9. The van der Waals surface area contributed by atoms with Crippen LogP contribution in [0.5, 0.6) is 0 Å². The number of allylic oxidation sites excluding steroid dienone is 8. The van der Waals surface area contributed by atoms with Crippen molar-refractivity contribution in [3.8, 4) is 0 Å². The number of nitro groups is 1. The first-order chi connectivity index (χ1) is 15.8. The minimum Gasteiger partial charge on any atom is -0.481 e. The van der Waals surface area contributed by atoms with E-state index in [-0.39, 0.29) is 32.1 Å². The number of rotatable bonds is 21. The van der Waals surface area contributed by atoms with Gasteiger partial charge in [0.1, 0.15) is 0 Å². The van der Waals surface area contributed by atoms with E-state index in [4.69, 9.17) is 10.2 Å². The predicted octanol–water partition coefficient (Wildman–Crippen LogP) is 6.88. The molecule has 0 aromatic carbocycles. The summed E-state index contributed by atoms with van der Waals surface area (Å²) in [5.41, 5.74) is -1.50. The van der Waals surface area contributed by atoms with Crippen LogP contribution in [0.25, 0.3) is 0 Å². The van der Waals surface area contributed by atoms with E-state index in [1.165, 1.54) is 19.3 Å². The summed E-state index contributed by atoms with van der Waals surface area (Å²) < 4.78 is 0. The number of hydrogen-bond donors (Lipinski definition) is 2. The van der Waals surface area contributed by atoms with Crippen molar-refractivity contribution < 1.29 is 24.7 Å². The summed E-state index contributed by atoms with van der Waals surface area (Å²) in [7, 11) is 0. The standard InChI is InChI=1S/C26H41NO6/c1-2-3-4-5-6-7-8-9-10-11-12-13-14-15-16-17-18-21-26(27(32)33,22-19-24(28)29)23-20-25(30)31/h6-7,9-10,12-13,15-16H,2-5,8,11,14,17-23H2,1H3,(H,28,29)(H,30,31)/b7-6?,10-9?,13-12?,16-15-. The van der Waals surface area contributed by atoms with Crippen molar-refractivity contribution in [2.75, 3.05) is 0 Å². The van der Waals surface area contributed by atoms with Crippen LogP contribution in [-0.2, 0) is 9.59 Å². The number of aliphatic carboxylic acids is 2. The van der Waals surface area contributed by atoms with Gasteiger partial charge in [0.2, 0.25) is 5.54 Å². The second-order valence-corrected chi connectivity index (χ2v) is 8.25. The molecule has 7 nitrogen and oxygen atoms in total. The highest BCUT2D eigenvalue weighted by Gasteiger charge is 2.42. The Balaban J connectivity index is 4.23. The average molecular weight is 464 g/mol. The predicted molar refractivity (Wildman–Crippen MR) is 132 cm³/mol. The number of hydrogen-bond acceptors (Lipinski definition) is 4. The van der Waals surface area contributed by atoms with E-state index in [2.05, 4.69) is 43.4 Å². The fraction of sp³-hybridized carbons (Fsp3) is 0.615. The Morgan fingerprint density at radius 1 is 0.727 bits per heavy atom. The summed E-state index contributed by atoms with van der Waals surface area (Å²) in [5.74, 6) is -2.23. The Labute approximate surface area is 198 Å². The van der Waals surface area contributed by atoms with Crippen LogP contribution in [0.4, 0.5) is 0 Å². The number of carboxylic acid groups (broad SMARTS) is 2. The van der Waals surface area contributed by atoms with Crippen LogP contribution in [0, 0.1) is 10.1 Å². The molecule has 0 heterocycles. The fourth-order valence-electron chi connectivity index (χ4n) is 3.44. The maximum absolute atomic E-state index is 11.6. The third-order valence-electron chi connectivity index (χ3n) is 5.47. The Morgan fingerprint density at radius 2 is 1.15 bits per heavy atom. The third kappa shape index (κ3) is 17.5. The van der Waals surface area contributed by atoms with Crippen LogP contribution in [0.2, 0.25) is 0 Å². The zero-order valence-electron chi connectivity index (χ0n) is 20.0. The molecular weight excluding hydrogens is 422 g/mol. The monoisotopic (exact) mass is 463 g/mol. The Bertz CT molecular complexity index is 660. The largest absolute Gasteiger partial charge is 0.481 e. The quantitative estimate of drug-likeness (QED) is 0.0829. The molecule has 186 valence electrons. The minimum atomic E-state index is -1.50. The molecule has 0 saturated carbocycles. The molecular formula is C26H41NO6. The summed E-state index contributed by atoms with van der Waals surface area (Å²) in [4.78, 5) is 32.9. The molecule has 0 aromatic heterocycles. The van der Waals surface area contributed by atoms with Crippen LogP contribution in [0.15, 0.2) is 48.6 Å². The molecule has 0 bridgehead atoms. The molecule has 0 unspecified atom stereocenters. The minimum absolute atomic E-state index is 0.156. The zero-order chi connectivity index (χ0) is 24.8. The van der Waals surface area contributed by atoms with E-state index in [0.29, 0.717) is 12.8 Å². The van der Waals surface area contributed by atoms with Crippen molar-refractivity contribution in [2.24, 2.45) is 0 Å². The Kier molecular flexibility index (Phi) is 18.3. The van der Waals surface area contributed by atoms with Crippen molar-refractivity contribution in [3.05, 3.63) is 58.7 Å². The summed E-state index contributed by atoms with van der Waals surface area (Å²) in [6, 6.07) is 0. The van der Waals surface area contributed by atoms with Crippen molar-refractivity contribution in [3.63, 3.8) is 0 Å². The molecule has 0 saturated heterocycles. The Morgan fingerprint density at radius 3 is 1.55 bits per heavy atom. The highest BCUT2D eigenvalue weighted by Crippen LogP contribution is 2.30. The third-order valence-corrected chi connectivity index (χ3v) is 5.47. The molecule has 0 aliphatic rings. The van der Waals surface area contributed by atoms with Gasteiger partial charge in [-0.25, -0.2) is 0 Å². The Hall–Kier alpha value is -2.70. The van der Waals surface area contributed by atoms with Gasteiger partial charge in [0.15, 0.2) is 0 Å². The van der Waals surface area contributed by atoms with E-state index in [1.807, 2.05) is 12.2 Å². The topological polar surface area (TPSA) is 118 Å². The number of nitrogens with zero attached hydrogens (tertiary/aromatic N) is 1. The van der Waals surface area contributed by atoms with Crippen molar-refractivity contribution in [1.82, 2.24) is 0 Å². The molecule has 0 fully saturated rings. The van der Waals surface area contributed by atoms with Gasteiger partial charge in [-0.15, -0.1) is 0 Å². The van der Waals surface area contributed by atoms with Crippen LogP contribution >= 0.6 is 0 Å². The summed E-state index contributed by atoms with van der Waals surface area (Å²) >= 11 is 0. The molecule has 2 N–H and O–H groups in total. The highest BCUT2D eigenvalue weighted by molar-refractivity contribution is 5.67. The molecule has 0 radical (unpaired) electrons. The summed E-state index contributed by atoms with van der Waals surface area (Å²) in [6.45, 7) is 2.21. The zero-order valence-corrected chi connectivity index (χ0v) is 20.0. The van der Waals surface area contributed by atoms with Gasteiger partial charge in [0.25, 0.3) is 0 Å². The molecule has 0 amide bonds. The number of carbonyl (C=O) groups is 2. The lowest BCUT2D eigenvalue weighted by atomic mass is 9.84. The van der Waals surface area contributed by atoms with Gasteiger partial charge in [0.05, 0.1) is 12.8 Å². The van der Waals surface area contributed by atoms with Crippen LogP contribution in [0.1, 0.15) is 96.8 Å². The molecule has 7 heteroatoms. The van der Waals surface area contributed by atoms with E-state index in [1.54, 1.807) is 0 Å². The van der Waals surface area contributed by atoms with Gasteiger partial charge in [-0.2, -0.15) is 0 Å². The van der Waals surface area contributed by atoms with Gasteiger partial charge in [-0.1, -0.05) is 68.4 Å². The molecule has 0 atom stereocenters. The molecule has 0 aliphatic carbocycles. The van der Waals surface area contributed by atoms with Crippen LogP contribution in [0.3, 0.4) is 0 Å². The molecule has 0 aromatic rings. The van der Waals surface area contributed by atoms with Gasteiger partial charge >= 0.3 is 11.9 Å². The lowest BCUT2D eigenvalue weighted by Crippen LogP contribution is -2.39. The van der Waals surface area contributed by atoms with E-state index < -0.39 is 22.4 Å². The van der Waals surface area contributed by atoms with Crippen molar-refractivity contribution >= 4 is 11.9 Å². The maximum Gasteiger partial charge on any atom is 0.303 e. The SMILES string of the molecule is CCCCCC=CCC=CCC=CC/C=C\CCCC(CCC(=O)O)(CCC(=O)O)[N+](=O)[O-]. The average Bonchev–Trinajstić information content (AvgIpc) is 2.76. The van der Waals surface area contributed by atoms with E-state index in [0.717, 1.165) is 25.7 Å². The molecule has 0 rings (SSSR count). The van der Waals surface area contributed by atoms with Crippen LogP contribution in [-0.4, -0.2) is 32.6 Å². The smallest absolute Gasteiger partial charge is 0.303 e. The van der Waals surface area contributed by atoms with Gasteiger partial charge in [0, 0.05) is 24.2 Å². The van der Waals surface area contributed by atoms with Gasteiger partial charge in [-0.05, 0) is 44.9 Å². The first-order valence-electron chi connectivity index (χ1n) is 12.0. The summed E-state index contributed by atoms with van der Waals surface area (Å²) in [6.07, 6.45) is 24.8. The lowest BCUT2D eigenvalue weighted by molar-refractivity contribution is -0.574. The first kappa shape index (κ1) is 30.3. The van der Waals surface area contributed by atoms with Crippen molar-refractivity contribution in [1.29, 1.82) is 0 Å². The second-order valence-electron chi connectivity index (χ2n) is 8.25. The fourth-order valence-corrected chi connectivity index (χ4v) is 3.44. The lowest BCUT2D eigenvalue weighted by Gasteiger charge is -2.24. The number of carboxylic acids is 2.